The lowest BCUT2D eigenvalue weighted by molar-refractivity contribution is 1.27. The summed E-state index contributed by atoms with van der Waals surface area (Å²) in [6, 6.07) is 20.7. The van der Waals surface area contributed by atoms with Gasteiger partial charge in [0.1, 0.15) is 0 Å². The van der Waals surface area contributed by atoms with Gasteiger partial charge in [0.05, 0.1) is 11.0 Å². The van der Waals surface area contributed by atoms with Gasteiger partial charge in [-0.2, -0.15) is 0 Å². The van der Waals surface area contributed by atoms with Gasteiger partial charge in [0, 0.05) is 41.1 Å². The third-order valence-electron chi connectivity index (χ3n) is 4.07. The summed E-state index contributed by atoms with van der Waals surface area (Å²) in [4.78, 5) is 14.4. The van der Waals surface area contributed by atoms with Crippen molar-refractivity contribution < 1.29 is 0 Å². The number of pyridine rings is 2. The third kappa shape index (κ3) is 3.25. The number of para-hydroxylation sites is 2. The van der Waals surface area contributed by atoms with Crippen LogP contribution in [0.2, 0.25) is 0 Å². The fourth-order valence-electron chi connectivity index (χ4n) is 2.95. The molecule has 0 spiro atoms. The molecule has 0 aliphatic heterocycles. The van der Waals surface area contributed by atoms with Gasteiger partial charge in [0.15, 0.2) is 4.77 Å². The van der Waals surface area contributed by atoms with Gasteiger partial charge in [-0.25, -0.2) is 4.98 Å². The van der Waals surface area contributed by atoms with E-state index in [0.29, 0.717) is 4.77 Å². The van der Waals surface area contributed by atoms with Crippen molar-refractivity contribution in [3.05, 3.63) is 90.2 Å². The summed E-state index contributed by atoms with van der Waals surface area (Å²) in [6.45, 7) is 0. The highest BCUT2D eigenvalue weighted by molar-refractivity contribution is 7.71. The van der Waals surface area contributed by atoms with Crippen molar-refractivity contribution in [3.63, 3.8) is 0 Å². The lowest BCUT2D eigenvalue weighted by atomic mass is 9.97. The molecular weight excluding hydrogens is 340 g/mol. The van der Waals surface area contributed by atoms with Crippen LogP contribution in [0.25, 0.3) is 32.9 Å². The fraction of sp³-hybridized carbons (Fsp3) is 0. The van der Waals surface area contributed by atoms with Gasteiger partial charge >= 0.3 is 0 Å². The van der Waals surface area contributed by atoms with E-state index in [-0.39, 0.29) is 0 Å². The maximum absolute atomic E-state index is 4.75. The molecule has 0 radical (unpaired) electrons. The summed E-state index contributed by atoms with van der Waals surface area (Å²) >= 11 is 4.63. The van der Waals surface area contributed by atoms with Gasteiger partial charge in [0.25, 0.3) is 0 Å². The first kappa shape index (κ1) is 16.2. The molecule has 126 valence electrons. The van der Waals surface area contributed by atoms with Gasteiger partial charge < -0.3 is 9.97 Å². The molecule has 4 nitrogen and oxygen atoms in total. The predicted octanol–water partition coefficient (Wildman–Crippen LogP) is 5.52. The van der Waals surface area contributed by atoms with E-state index in [4.69, 9.17) is 4.98 Å². The van der Waals surface area contributed by atoms with Crippen LogP contribution >= 0.6 is 12.2 Å². The van der Waals surface area contributed by atoms with Crippen molar-refractivity contribution in [2.24, 2.45) is 0 Å². The summed E-state index contributed by atoms with van der Waals surface area (Å²) < 4.78 is 0.676. The predicted molar refractivity (Wildman–Crippen MR) is 108 cm³/mol. The lowest BCUT2D eigenvalue weighted by Crippen LogP contribution is -1.88. The number of imidazole rings is 1. The van der Waals surface area contributed by atoms with Crippen LogP contribution in [-0.2, 0) is 0 Å². The van der Waals surface area contributed by atoms with E-state index in [1.807, 2.05) is 36.7 Å². The largest absolute Gasteiger partial charge is 0.338 e. The normalized spacial score (nSPS) is 10.5. The van der Waals surface area contributed by atoms with Crippen molar-refractivity contribution in [2.75, 3.05) is 0 Å². The first-order valence-corrected chi connectivity index (χ1v) is 8.64. The third-order valence-corrected chi connectivity index (χ3v) is 4.30. The second-order valence-electron chi connectivity index (χ2n) is 5.71. The molecule has 5 rings (SSSR count). The van der Waals surface area contributed by atoms with Crippen LogP contribution in [0.15, 0.2) is 85.5 Å². The van der Waals surface area contributed by atoms with Crippen LogP contribution in [0.5, 0.6) is 0 Å². The lowest BCUT2D eigenvalue weighted by Gasteiger charge is -2.10. The molecule has 0 saturated heterocycles. The van der Waals surface area contributed by atoms with Crippen LogP contribution in [0.1, 0.15) is 0 Å². The molecule has 2 aromatic carbocycles. The average molecular weight is 356 g/mol. The van der Waals surface area contributed by atoms with Crippen LogP contribution in [-0.4, -0.2) is 19.9 Å². The smallest absolute Gasteiger partial charge is 0.174 e. The van der Waals surface area contributed by atoms with Crippen LogP contribution in [0.4, 0.5) is 0 Å². The maximum atomic E-state index is 4.75. The first-order chi connectivity index (χ1) is 12.8. The van der Waals surface area contributed by atoms with E-state index in [1.165, 1.54) is 21.9 Å². The Morgan fingerprint density at radius 2 is 1.23 bits per heavy atom. The Hall–Kier alpha value is -3.31. The number of benzene rings is 2. The van der Waals surface area contributed by atoms with Gasteiger partial charge in [0.2, 0.25) is 0 Å². The van der Waals surface area contributed by atoms with Crippen LogP contribution in [0, 0.1) is 4.77 Å². The zero-order chi connectivity index (χ0) is 17.8. The first-order valence-electron chi connectivity index (χ1n) is 8.23. The molecule has 0 unspecified atom stereocenters. The minimum absolute atomic E-state index is 0.676. The molecule has 5 aromatic rings. The van der Waals surface area contributed by atoms with Crippen molar-refractivity contribution in [1.29, 1.82) is 0 Å². The molecule has 0 saturated carbocycles. The van der Waals surface area contributed by atoms with Crippen molar-refractivity contribution in [1.82, 2.24) is 19.9 Å². The van der Waals surface area contributed by atoms with E-state index in [2.05, 4.69) is 63.6 Å². The molecule has 0 atom stereocenters. The minimum atomic E-state index is 0.676. The van der Waals surface area contributed by atoms with Gasteiger partial charge in [-0.05, 0) is 42.0 Å². The quantitative estimate of drug-likeness (QED) is 0.307. The van der Waals surface area contributed by atoms with E-state index in [9.17, 15) is 0 Å². The Morgan fingerprint density at radius 3 is 1.73 bits per heavy atom. The summed E-state index contributed by atoms with van der Waals surface area (Å²) in [6.07, 6.45) is 7.17. The number of H-pyrrole nitrogens is 2. The topological polar surface area (TPSA) is 57.4 Å². The number of aromatic nitrogens is 4. The second-order valence-corrected chi connectivity index (χ2v) is 6.12. The van der Waals surface area contributed by atoms with Crippen molar-refractivity contribution >= 4 is 34.0 Å². The number of hydrogen-bond acceptors (Lipinski definition) is 3. The van der Waals surface area contributed by atoms with E-state index in [0.717, 1.165) is 11.0 Å². The van der Waals surface area contributed by atoms with Crippen molar-refractivity contribution in [3.8, 4) is 11.1 Å². The molecular formula is C21H16N4S. The highest BCUT2D eigenvalue weighted by Gasteiger charge is 2.09. The molecule has 3 aromatic heterocycles. The monoisotopic (exact) mass is 356 g/mol. The number of fused-ring (bicyclic) bond motifs is 2. The van der Waals surface area contributed by atoms with Crippen LogP contribution < -0.4 is 0 Å². The zero-order valence-electron chi connectivity index (χ0n) is 13.9. The molecule has 3 heterocycles. The Balaban J connectivity index is 0.000000240. The molecule has 0 bridgehead atoms. The highest BCUT2D eigenvalue weighted by Crippen LogP contribution is 2.34. The Bertz CT molecular complexity index is 1140. The van der Waals surface area contributed by atoms with E-state index >= 15 is 0 Å². The van der Waals surface area contributed by atoms with Gasteiger partial charge in [-0.1, -0.05) is 36.4 Å². The number of nitrogens with zero attached hydrogens (tertiary/aromatic N) is 2. The fourth-order valence-corrected chi connectivity index (χ4v) is 3.08. The van der Waals surface area contributed by atoms with Crippen molar-refractivity contribution in [2.45, 2.75) is 0 Å². The molecule has 0 fully saturated rings. The Morgan fingerprint density at radius 1 is 0.692 bits per heavy atom. The Kier molecular flexibility index (Phi) is 4.53. The van der Waals surface area contributed by atoms with Gasteiger partial charge in [-0.15, -0.1) is 0 Å². The number of aromatic amines is 2. The molecule has 5 heteroatoms. The molecule has 0 amide bonds. The minimum Gasteiger partial charge on any atom is -0.338 e. The summed E-state index contributed by atoms with van der Waals surface area (Å²) in [5.41, 5.74) is 4.46. The van der Waals surface area contributed by atoms with E-state index < -0.39 is 0 Å². The highest BCUT2D eigenvalue weighted by atomic mass is 32.1. The molecule has 2 N–H and O–H groups in total. The number of hydrogen-bond donors (Lipinski definition) is 2. The second kappa shape index (κ2) is 7.29. The summed E-state index contributed by atoms with van der Waals surface area (Å²) in [7, 11) is 0. The number of nitrogens with one attached hydrogen (secondary N) is 2. The number of rotatable bonds is 1. The average Bonchev–Trinajstić information content (AvgIpc) is 3.18. The van der Waals surface area contributed by atoms with Gasteiger partial charge in [-0.3, -0.25) is 4.98 Å². The van der Waals surface area contributed by atoms with Crippen LogP contribution in [0.3, 0.4) is 0 Å². The molecule has 26 heavy (non-hydrogen) atoms. The summed E-state index contributed by atoms with van der Waals surface area (Å²) in [5, 5.41) is 2.36. The Labute approximate surface area is 155 Å². The SMILES string of the molecule is S=c1[nH]cc[nH]1.c1ccc2c(-c3ccncc3)c3ccccc3nc2c1. The standard InChI is InChI=1S/C18H12N2.C3H4N2S/c1-3-7-16-14(5-1)18(13-9-11-19-12-10-13)15-6-2-4-8-17(15)20-16;6-3-4-1-2-5-3/h1-12H;1-2H,(H2,4,5,6). The molecule has 0 aliphatic carbocycles. The van der Waals surface area contributed by atoms with E-state index in [1.54, 1.807) is 12.4 Å². The zero-order valence-corrected chi connectivity index (χ0v) is 14.7. The molecule has 0 aliphatic rings. The summed E-state index contributed by atoms with van der Waals surface area (Å²) in [5.74, 6) is 0. The maximum Gasteiger partial charge on any atom is 0.174 e.